The van der Waals surface area contributed by atoms with E-state index in [4.69, 9.17) is 16.3 Å². The third-order valence-electron chi connectivity index (χ3n) is 4.18. The van der Waals surface area contributed by atoms with Crippen LogP contribution in [0.4, 0.5) is 0 Å². The number of aliphatic hydroxyl groups is 1. The smallest absolute Gasteiger partial charge is 0.119 e. The molecule has 1 aromatic carbocycles. The van der Waals surface area contributed by atoms with Crippen LogP contribution in [-0.4, -0.2) is 17.8 Å². The average Bonchev–Trinajstić information content (AvgIpc) is 2.46. The third-order valence-corrected chi connectivity index (χ3v) is 4.43. The van der Waals surface area contributed by atoms with Gasteiger partial charge in [-0.05, 0) is 48.9 Å². The Bertz CT molecular complexity index is 377. The van der Waals surface area contributed by atoms with Gasteiger partial charge in [-0.25, -0.2) is 0 Å². The van der Waals surface area contributed by atoms with Gasteiger partial charge < -0.3 is 9.84 Å². The second-order valence-electron chi connectivity index (χ2n) is 5.53. The summed E-state index contributed by atoms with van der Waals surface area (Å²) in [7, 11) is 0. The van der Waals surface area contributed by atoms with Gasteiger partial charge in [-0.3, -0.25) is 0 Å². The van der Waals surface area contributed by atoms with Crippen LogP contribution in [0.15, 0.2) is 24.3 Å². The lowest BCUT2D eigenvalue weighted by Gasteiger charge is -2.31. The van der Waals surface area contributed by atoms with E-state index in [9.17, 15) is 5.11 Å². The lowest BCUT2D eigenvalue weighted by molar-refractivity contribution is 0.0302. The van der Waals surface area contributed by atoms with Crippen LogP contribution in [0.5, 0.6) is 5.75 Å². The van der Waals surface area contributed by atoms with E-state index in [1.165, 1.54) is 19.3 Å². The van der Waals surface area contributed by atoms with Gasteiger partial charge in [0, 0.05) is 5.02 Å². The van der Waals surface area contributed by atoms with Gasteiger partial charge in [0.15, 0.2) is 0 Å². The molecule has 0 radical (unpaired) electrons. The molecule has 1 aliphatic rings. The fourth-order valence-corrected chi connectivity index (χ4v) is 3.03. The lowest BCUT2D eigenvalue weighted by Crippen LogP contribution is -2.31. The van der Waals surface area contributed by atoms with Crippen LogP contribution in [0.1, 0.15) is 39.0 Å². The largest absolute Gasteiger partial charge is 0.491 e. The Hall–Kier alpha value is -0.730. The topological polar surface area (TPSA) is 29.5 Å². The highest BCUT2D eigenvalue weighted by atomic mass is 35.5. The lowest BCUT2D eigenvalue weighted by atomic mass is 9.78. The van der Waals surface area contributed by atoms with Crippen molar-refractivity contribution in [2.24, 2.45) is 11.8 Å². The number of halogens is 1. The first-order chi connectivity index (χ1) is 9.19. The fraction of sp³-hybridized carbons (Fsp3) is 0.625. The van der Waals surface area contributed by atoms with Crippen molar-refractivity contribution in [1.29, 1.82) is 0 Å². The van der Waals surface area contributed by atoms with E-state index in [2.05, 4.69) is 6.92 Å². The number of benzene rings is 1. The van der Waals surface area contributed by atoms with Gasteiger partial charge >= 0.3 is 0 Å². The summed E-state index contributed by atoms with van der Waals surface area (Å²) in [5.74, 6) is 1.95. The maximum Gasteiger partial charge on any atom is 0.119 e. The molecular weight excluding hydrogens is 260 g/mol. The van der Waals surface area contributed by atoms with Crippen molar-refractivity contribution < 1.29 is 9.84 Å². The molecule has 0 bridgehead atoms. The molecule has 106 valence electrons. The summed E-state index contributed by atoms with van der Waals surface area (Å²) < 4.78 is 5.64. The molecule has 1 N–H and O–H groups in total. The average molecular weight is 283 g/mol. The van der Waals surface area contributed by atoms with E-state index in [0.717, 1.165) is 24.5 Å². The number of hydrogen-bond acceptors (Lipinski definition) is 2. The monoisotopic (exact) mass is 282 g/mol. The summed E-state index contributed by atoms with van der Waals surface area (Å²) in [6, 6.07) is 7.28. The minimum atomic E-state index is -0.356. The molecule has 1 aliphatic carbocycles. The zero-order chi connectivity index (χ0) is 13.7. The Balaban J connectivity index is 1.80. The van der Waals surface area contributed by atoms with Gasteiger partial charge in [0.2, 0.25) is 0 Å². The molecular formula is C16H23ClO2. The summed E-state index contributed by atoms with van der Waals surface area (Å²) in [4.78, 5) is 0. The predicted molar refractivity (Wildman–Crippen MR) is 78.7 cm³/mol. The van der Waals surface area contributed by atoms with Gasteiger partial charge in [-0.2, -0.15) is 0 Å². The van der Waals surface area contributed by atoms with Crippen LogP contribution in [0.3, 0.4) is 0 Å². The van der Waals surface area contributed by atoms with Crippen molar-refractivity contribution in [3.05, 3.63) is 29.3 Å². The standard InChI is InChI=1S/C16H23ClO2/c1-2-12-4-3-5-13(10-12)16(18)11-19-15-8-6-14(17)7-9-15/h6-9,12-13,16,18H,2-5,10-11H2,1H3. The highest BCUT2D eigenvalue weighted by molar-refractivity contribution is 6.30. The second-order valence-corrected chi connectivity index (χ2v) is 5.97. The molecule has 19 heavy (non-hydrogen) atoms. The molecule has 0 amide bonds. The zero-order valence-electron chi connectivity index (χ0n) is 11.5. The number of aliphatic hydroxyl groups excluding tert-OH is 1. The van der Waals surface area contributed by atoms with Gasteiger partial charge in [0.25, 0.3) is 0 Å². The molecule has 0 aliphatic heterocycles. The summed E-state index contributed by atoms with van der Waals surface area (Å²) in [5, 5.41) is 11.0. The molecule has 3 heteroatoms. The molecule has 0 spiro atoms. The van der Waals surface area contributed by atoms with E-state index in [0.29, 0.717) is 17.5 Å². The fourth-order valence-electron chi connectivity index (χ4n) is 2.90. The van der Waals surface area contributed by atoms with Crippen molar-refractivity contribution in [1.82, 2.24) is 0 Å². The van der Waals surface area contributed by atoms with Gasteiger partial charge in [-0.1, -0.05) is 37.8 Å². The molecule has 1 fully saturated rings. The van der Waals surface area contributed by atoms with Crippen LogP contribution < -0.4 is 4.74 Å². The summed E-state index contributed by atoms with van der Waals surface area (Å²) in [6.45, 7) is 2.62. The quantitative estimate of drug-likeness (QED) is 0.873. The molecule has 1 aromatic rings. The molecule has 3 atom stereocenters. The molecule has 1 saturated carbocycles. The Labute approximate surface area is 120 Å². The molecule has 2 nitrogen and oxygen atoms in total. The SMILES string of the molecule is CCC1CCCC(C(O)COc2ccc(Cl)cc2)C1. The van der Waals surface area contributed by atoms with Gasteiger partial charge in [0.1, 0.15) is 12.4 Å². The third kappa shape index (κ3) is 4.39. The van der Waals surface area contributed by atoms with E-state index >= 15 is 0 Å². The predicted octanol–water partition coefficient (Wildman–Crippen LogP) is 4.30. The highest BCUT2D eigenvalue weighted by Crippen LogP contribution is 2.33. The molecule has 0 heterocycles. The number of ether oxygens (including phenoxy) is 1. The van der Waals surface area contributed by atoms with Crippen molar-refractivity contribution >= 4 is 11.6 Å². The van der Waals surface area contributed by atoms with Crippen molar-refractivity contribution in [2.45, 2.75) is 45.1 Å². The second kappa shape index (κ2) is 7.16. The summed E-state index contributed by atoms with van der Waals surface area (Å²) >= 11 is 5.82. The first-order valence-electron chi connectivity index (χ1n) is 7.25. The van der Waals surface area contributed by atoms with Crippen molar-refractivity contribution in [3.63, 3.8) is 0 Å². The first-order valence-corrected chi connectivity index (χ1v) is 7.63. The van der Waals surface area contributed by atoms with Crippen LogP contribution in [0, 0.1) is 11.8 Å². The normalized spacial score (nSPS) is 25.0. The Morgan fingerprint density at radius 2 is 2.05 bits per heavy atom. The van der Waals surface area contributed by atoms with Crippen molar-refractivity contribution in [2.75, 3.05) is 6.61 Å². The Morgan fingerprint density at radius 1 is 1.32 bits per heavy atom. The van der Waals surface area contributed by atoms with Gasteiger partial charge in [-0.15, -0.1) is 0 Å². The Morgan fingerprint density at radius 3 is 2.74 bits per heavy atom. The summed E-state index contributed by atoms with van der Waals surface area (Å²) in [5.41, 5.74) is 0. The van der Waals surface area contributed by atoms with E-state index in [1.807, 2.05) is 12.1 Å². The minimum Gasteiger partial charge on any atom is -0.491 e. The van der Waals surface area contributed by atoms with E-state index < -0.39 is 0 Å². The molecule has 0 saturated heterocycles. The zero-order valence-corrected chi connectivity index (χ0v) is 12.3. The van der Waals surface area contributed by atoms with Gasteiger partial charge in [0.05, 0.1) is 6.10 Å². The maximum atomic E-state index is 10.3. The van der Waals surface area contributed by atoms with E-state index in [1.54, 1.807) is 12.1 Å². The first kappa shape index (κ1) is 14.7. The molecule has 0 aromatic heterocycles. The Kier molecular flexibility index (Phi) is 5.53. The van der Waals surface area contributed by atoms with Crippen LogP contribution >= 0.6 is 11.6 Å². The van der Waals surface area contributed by atoms with Crippen LogP contribution in [-0.2, 0) is 0 Å². The van der Waals surface area contributed by atoms with Crippen LogP contribution in [0.2, 0.25) is 5.02 Å². The highest BCUT2D eigenvalue weighted by Gasteiger charge is 2.26. The maximum absolute atomic E-state index is 10.3. The molecule has 2 rings (SSSR count). The number of hydrogen-bond donors (Lipinski definition) is 1. The molecule has 3 unspecified atom stereocenters. The van der Waals surface area contributed by atoms with Crippen molar-refractivity contribution in [3.8, 4) is 5.75 Å². The van der Waals surface area contributed by atoms with Crippen LogP contribution in [0.25, 0.3) is 0 Å². The number of rotatable bonds is 5. The van der Waals surface area contributed by atoms with E-state index in [-0.39, 0.29) is 6.10 Å². The minimum absolute atomic E-state index is 0.356. The summed E-state index contributed by atoms with van der Waals surface area (Å²) in [6.07, 6.45) is 5.69.